The molecule has 0 unspecified atom stereocenters. The summed E-state index contributed by atoms with van der Waals surface area (Å²) in [5.74, 6) is 0.108. The highest BCUT2D eigenvalue weighted by molar-refractivity contribution is 5.77. The molecule has 8 heteroatoms. The quantitative estimate of drug-likeness (QED) is 0.499. The Hall–Kier alpha value is -3.81. The minimum Gasteiger partial charge on any atom is -0.337 e. The molecule has 0 saturated carbocycles. The molecule has 0 aliphatic rings. The van der Waals surface area contributed by atoms with E-state index in [2.05, 4.69) is 16.7 Å². The Morgan fingerprint density at radius 3 is 2.57 bits per heavy atom. The first-order chi connectivity index (χ1) is 13.6. The second-order valence-corrected chi connectivity index (χ2v) is 6.11. The lowest BCUT2D eigenvalue weighted by Gasteiger charge is -2.11. The molecule has 2 aromatic heterocycles. The third-order valence-corrected chi connectivity index (χ3v) is 4.31. The zero-order chi connectivity index (χ0) is 19.7. The van der Waals surface area contributed by atoms with E-state index in [9.17, 15) is 14.0 Å². The van der Waals surface area contributed by atoms with Crippen LogP contribution in [0.4, 0.5) is 4.39 Å². The number of halogens is 1. The molecule has 0 amide bonds. The molecule has 0 saturated heterocycles. The van der Waals surface area contributed by atoms with Gasteiger partial charge in [0, 0.05) is 12.1 Å². The smallest absolute Gasteiger partial charge is 0.332 e. The first kappa shape index (κ1) is 17.6. The number of aromatic nitrogens is 4. The topological polar surface area (TPSA) is 82.9 Å². The van der Waals surface area contributed by atoms with Crippen LogP contribution in [0.5, 0.6) is 0 Å². The third kappa shape index (κ3) is 3.05. The van der Waals surface area contributed by atoms with E-state index in [0.717, 1.165) is 4.57 Å². The Bertz CT molecular complexity index is 1290. The predicted molar refractivity (Wildman–Crippen MR) is 101 cm³/mol. The number of nitrogens with zero attached hydrogens (tertiary/aromatic N) is 4. The summed E-state index contributed by atoms with van der Waals surface area (Å²) >= 11 is 0. The summed E-state index contributed by atoms with van der Waals surface area (Å²) in [5.41, 5.74) is 0.184. The highest BCUT2D eigenvalue weighted by Gasteiger charge is 2.15. The molecule has 0 bridgehead atoms. The van der Waals surface area contributed by atoms with E-state index in [0.29, 0.717) is 16.5 Å². The lowest BCUT2D eigenvalue weighted by molar-refractivity contribution is 0.369. The lowest BCUT2D eigenvalue weighted by atomic mass is 10.2. The van der Waals surface area contributed by atoms with Gasteiger partial charge in [0.15, 0.2) is 0 Å². The molecule has 2 aromatic carbocycles. The van der Waals surface area contributed by atoms with Crippen LogP contribution in [-0.2, 0) is 13.1 Å². The molecule has 0 fully saturated rings. The van der Waals surface area contributed by atoms with Crippen LogP contribution in [-0.4, -0.2) is 19.3 Å². The van der Waals surface area contributed by atoms with Crippen molar-refractivity contribution < 1.29 is 8.91 Å². The maximum Gasteiger partial charge on any atom is 0.332 e. The van der Waals surface area contributed by atoms with Crippen molar-refractivity contribution in [1.29, 1.82) is 0 Å². The van der Waals surface area contributed by atoms with Gasteiger partial charge in [0.1, 0.15) is 12.4 Å². The van der Waals surface area contributed by atoms with Crippen molar-refractivity contribution in [3.63, 3.8) is 0 Å². The number of para-hydroxylation sites is 1. The van der Waals surface area contributed by atoms with Gasteiger partial charge in [0.2, 0.25) is 11.7 Å². The maximum absolute atomic E-state index is 13.1. The van der Waals surface area contributed by atoms with E-state index < -0.39 is 5.69 Å². The summed E-state index contributed by atoms with van der Waals surface area (Å²) in [4.78, 5) is 29.7. The zero-order valence-electron chi connectivity index (χ0n) is 14.7. The van der Waals surface area contributed by atoms with Gasteiger partial charge in [-0.05, 0) is 36.4 Å². The Kier molecular flexibility index (Phi) is 4.44. The van der Waals surface area contributed by atoms with Crippen LogP contribution in [0.1, 0.15) is 5.89 Å². The number of benzene rings is 2. The zero-order valence-corrected chi connectivity index (χ0v) is 14.7. The summed E-state index contributed by atoms with van der Waals surface area (Å²) in [7, 11) is 0. The van der Waals surface area contributed by atoms with Gasteiger partial charge in [0.25, 0.3) is 5.56 Å². The number of hydrogen-bond acceptors (Lipinski definition) is 5. The van der Waals surface area contributed by atoms with E-state index in [-0.39, 0.29) is 36.2 Å². The predicted octanol–water partition coefficient (Wildman–Crippen LogP) is 2.59. The van der Waals surface area contributed by atoms with Crippen molar-refractivity contribution >= 4 is 10.9 Å². The van der Waals surface area contributed by atoms with Crippen molar-refractivity contribution in [2.24, 2.45) is 0 Å². The Labute approximate surface area is 158 Å². The average molecular weight is 378 g/mol. The molecule has 0 atom stereocenters. The SMILES string of the molecule is C=CCn1c(=O)c2ccccc2n(Cc2nc(-c3ccc(F)cc3)no2)c1=O. The fourth-order valence-corrected chi connectivity index (χ4v) is 2.98. The highest BCUT2D eigenvalue weighted by Crippen LogP contribution is 2.17. The van der Waals surface area contributed by atoms with E-state index >= 15 is 0 Å². The normalized spacial score (nSPS) is 11.0. The minimum atomic E-state index is -0.495. The van der Waals surface area contributed by atoms with Gasteiger partial charge in [-0.1, -0.05) is 23.4 Å². The van der Waals surface area contributed by atoms with Crippen molar-refractivity contribution in [2.45, 2.75) is 13.1 Å². The molecule has 0 N–H and O–H groups in total. The van der Waals surface area contributed by atoms with E-state index in [4.69, 9.17) is 4.52 Å². The van der Waals surface area contributed by atoms with Crippen LogP contribution in [0.25, 0.3) is 22.3 Å². The Balaban J connectivity index is 1.80. The summed E-state index contributed by atoms with van der Waals surface area (Å²) in [6.07, 6.45) is 1.49. The van der Waals surface area contributed by atoms with Gasteiger partial charge in [0.05, 0.1) is 10.9 Å². The first-order valence-corrected chi connectivity index (χ1v) is 8.50. The largest absolute Gasteiger partial charge is 0.337 e. The van der Waals surface area contributed by atoms with Gasteiger partial charge in [-0.3, -0.25) is 13.9 Å². The van der Waals surface area contributed by atoms with E-state index in [1.54, 1.807) is 24.3 Å². The van der Waals surface area contributed by atoms with E-state index in [1.807, 2.05) is 0 Å². The standard InChI is InChI=1S/C20H15FN4O3/c1-2-11-24-19(26)15-5-3-4-6-16(15)25(20(24)27)12-17-22-18(23-28-17)13-7-9-14(21)10-8-13/h2-10H,1,11-12H2. The maximum atomic E-state index is 13.1. The molecular formula is C20H15FN4O3. The highest BCUT2D eigenvalue weighted by atomic mass is 19.1. The van der Waals surface area contributed by atoms with Crippen LogP contribution in [0.15, 0.2) is 75.3 Å². The molecule has 0 aliphatic carbocycles. The van der Waals surface area contributed by atoms with Crippen molar-refractivity contribution in [1.82, 2.24) is 19.3 Å². The lowest BCUT2D eigenvalue weighted by Crippen LogP contribution is -2.40. The minimum absolute atomic E-state index is 0.00896. The number of fused-ring (bicyclic) bond motifs is 1. The molecule has 0 radical (unpaired) electrons. The van der Waals surface area contributed by atoms with Gasteiger partial charge in [-0.25, -0.2) is 9.18 Å². The molecule has 4 aromatic rings. The van der Waals surface area contributed by atoms with Crippen LogP contribution in [0, 0.1) is 5.82 Å². The van der Waals surface area contributed by atoms with Crippen molar-refractivity contribution in [3.8, 4) is 11.4 Å². The summed E-state index contributed by atoms with van der Waals surface area (Å²) in [5, 5.41) is 4.29. The molecule has 0 aliphatic heterocycles. The summed E-state index contributed by atoms with van der Waals surface area (Å²) in [6.45, 7) is 3.68. The van der Waals surface area contributed by atoms with Crippen molar-refractivity contribution in [3.05, 3.63) is 93.7 Å². The monoisotopic (exact) mass is 378 g/mol. The second kappa shape index (κ2) is 7.07. The molecular weight excluding hydrogens is 363 g/mol. The molecule has 4 rings (SSSR count). The number of allylic oxidation sites excluding steroid dienone is 1. The van der Waals surface area contributed by atoms with Crippen LogP contribution in [0.2, 0.25) is 0 Å². The van der Waals surface area contributed by atoms with Crippen LogP contribution < -0.4 is 11.2 Å². The second-order valence-electron chi connectivity index (χ2n) is 6.11. The Morgan fingerprint density at radius 1 is 1.07 bits per heavy atom. The fraction of sp³-hybridized carbons (Fsp3) is 0.100. The molecule has 140 valence electrons. The third-order valence-electron chi connectivity index (χ3n) is 4.31. The summed E-state index contributed by atoms with van der Waals surface area (Å²) in [6, 6.07) is 12.5. The van der Waals surface area contributed by atoms with Gasteiger partial charge in [-0.2, -0.15) is 4.98 Å². The Morgan fingerprint density at radius 2 is 1.82 bits per heavy atom. The number of hydrogen-bond donors (Lipinski definition) is 0. The molecule has 7 nitrogen and oxygen atoms in total. The molecule has 0 spiro atoms. The molecule has 2 heterocycles. The van der Waals surface area contributed by atoms with Crippen molar-refractivity contribution in [2.75, 3.05) is 0 Å². The van der Waals surface area contributed by atoms with E-state index in [1.165, 1.54) is 34.9 Å². The first-order valence-electron chi connectivity index (χ1n) is 8.50. The van der Waals surface area contributed by atoms with Gasteiger partial charge in [-0.15, -0.1) is 6.58 Å². The van der Waals surface area contributed by atoms with Crippen LogP contribution >= 0.6 is 0 Å². The average Bonchev–Trinajstić information content (AvgIpc) is 3.18. The van der Waals surface area contributed by atoms with Crippen LogP contribution in [0.3, 0.4) is 0 Å². The van der Waals surface area contributed by atoms with Gasteiger partial charge < -0.3 is 4.52 Å². The molecule has 28 heavy (non-hydrogen) atoms. The summed E-state index contributed by atoms with van der Waals surface area (Å²) < 4.78 is 20.9. The number of rotatable bonds is 5. The van der Waals surface area contributed by atoms with Gasteiger partial charge >= 0.3 is 5.69 Å². The fourth-order valence-electron chi connectivity index (χ4n) is 2.98.